The minimum Gasteiger partial charge on any atom is -0.464 e. The molecule has 0 spiro atoms. The van der Waals surface area contributed by atoms with Gasteiger partial charge < -0.3 is 10.1 Å². The molecule has 0 fully saturated rings. The Morgan fingerprint density at radius 2 is 1.57 bits per heavy atom. The van der Waals surface area contributed by atoms with Gasteiger partial charge in [-0.3, -0.25) is 4.79 Å². The predicted octanol–water partition coefficient (Wildman–Crippen LogP) is 3.16. The van der Waals surface area contributed by atoms with Gasteiger partial charge in [-0.1, -0.05) is 36.4 Å². The van der Waals surface area contributed by atoms with Crippen molar-refractivity contribution < 1.29 is 9.90 Å². The Morgan fingerprint density at radius 1 is 0.952 bits per heavy atom. The van der Waals surface area contributed by atoms with Crippen LogP contribution in [0.3, 0.4) is 0 Å². The summed E-state index contributed by atoms with van der Waals surface area (Å²) in [7, 11) is 0. The van der Waals surface area contributed by atoms with E-state index in [1.807, 2.05) is 12.1 Å². The van der Waals surface area contributed by atoms with Crippen LogP contribution in [0.25, 0.3) is 32.7 Å². The third kappa shape index (κ3) is 1.45. The minimum absolute atomic E-state index is 0.216. The molecule has 0 aliphatic carbocycles. The fourth-order valence-corrected chi connectivity index (χ4v) is 2.89. The number of hydrogen-bond donors (Lipinski definition) is 2. The van der Waals surface area contributed by atoms with Crippen molar-refractivity contribution in [2.24, 2.45) is 0 Å². The zero-order chi connectivity index (χ0) is 14.6. The first-order chi connectivity index (χ1) is 10.2. The molecule has 2 heterocycles. The topological polar surface area (TPSA) is 75.1 Å². The highest BCUT2D eigenvalue weighted by Gasteiger charge is 2.18. The second-order valence-electron chi connectivity index (χ2n) is 4.86. The second-order valence-corrected chi connectivity index (χ2v) is 4.86. The third-order valence-electron chi connectivity index (χ3n) is 3.73. The standard InChI is InChI=1S/C16H10N2O3/c19-15-10-6-2-1-5-9(10)14-13(17-15)11-7-3-4-8-12(11)18(14)16(20)21/h1-8H,(H,17,19)(H,20,21). The average Bonchev–Trinajstić information content (AvgIpc) is 2.82. The Balaban J connectivity index is 2.45. The van der Waals surface area contributed by atoms with Gasteiger partial charge in [0.15, 0.2) is 0 Å². The number of nitrogens with one attached hydrogen (secondary N) is 1. The number of nitrogens with zero attached hydrogens (tertiary/aromatic N) is 1. The Morgan fingerprint density at radius 3 is 2.29 bits per heavy atom. The number of hydrogen-bond acceptors (Lipinski definition) is 2. The van der Waals surface area contributed by atoms with E-state index in [4.69, 9.17) is 0 Å². The normalized spacial score (nSPS) is 11.4. The molecule has 0 radical (unpaired) electrons. The van der Waals surface area contributed by atoms with Crippen LogP contribution in [0.2, 0.25) is 0 Å². The van der Waals surface area contributed by atoms with Crippen molar-refractivity contribution in [1.82, 2.24) is 9.55 Å². The van der Waals surface area contributed by atoms with Gasteiger partial charge in [-0.15, -0.1) is 0 Å². The summed E-state index contributed by atoms with van der Waals surface area (Å²) in [5, 5.41) is 11.4. The molecule has 4 aromatic rings. The molecule has 0 aliphatic rings. The molecule has 5 heteroatoms. The molecule has 2 aromatic heterocycles. The van der Waals surface area contributed by atoms with Gasteiger partial charge >= 0.3 is 6.09 Å². The van der Waals surface area contributed by atoms with Gasteiger partial charge in [-0.05, 0) is 12.1 Å². The first-order valence-corrected chi connectivity index (χ1v) is 6.46. The zero-order valence-electron chi connectivity index (χ0n) is 10.8. The lowest BCUT2D eigenvalue weighted by atomic mass is 10.1. The molecule has 5 nitrogen and oxygen atoms in total. The summed E-state index contributed by atoms with van der Waals surface area (Å²) in [4.78, 5) is 26.7. The molecule has 0 aliphatic heterocycles. The molecule has 4 rings (SSSR count). The van der Waals surface area contributed by atoms with Crippen LogP contribution in [-0.2, 0) is 0 Å². The van der Waals surface area contributed by atoms with Gasteiger partial charge in [-0.25, -0.2) is 9.36 Å². The molecule has 21 heavy (non-hydrogen) atoms. The summed E-state index contributed by atoms with van der Waals surface area (Å²) in [5.74, 6) is 0. The zero-order valence-corrected chi connectivity index (χ0v) is 10.8. The van der Waals surface area contributed by atoms with Crippen LogP contribution in [0.4, 0.5) is 4.79 Å². The maximum Gasteiger partial charge on any atom is 0.416 e. The van der Waals surface area contributed by atoms with E-state index in [0.717, 1.165) is 5.39 Å². The van der Waals surface area contributed by atoms with E-state index in [2.05, 4.69) is 4.98 Å². The minimum atomic E-state index is -1.07. The average molecular weight is 278 g/mol. The highest BCUT2D eigenvalue weighted by molar-refractivity contribution is 6.18. The van der Waals surface area contributed by atoms with Gasteiger partial charge in [-0.2, -0.15) is 0 Å². The first-order valence-electron chi connectivity index (χ1n) is 6.46. The number of benzene rings is 2. The van der Waals surface area contributed by atoms with Gasteiger partial charge in [0.25, 0.3) is 5.56 Å². The Kier molecular flexibility index (Phi) is 2.21. The summed E-state index contributed by atoms with van der Waals surface area (Å²) in [6.45, 7) is 0. The summed E-state index contributed by atoms with van der Waals surface area (Å²) < 4.78 is 1.23. The maximum absolute atomic E-state index is 12.2. The number of fused-ring (bicyclic) bond motifs is 5. The second kappa shape index (κ2) is 3.96. The molecular formula is C16H10N2O3. The summed E-state index contributed by atoms with van der Waals surface area (Å²) in [6.07, 6.45) is -1.07. The number of aromatic amines is 1. The lowest BCUT2D eigenvalue weighted by molar-refractivity contribution is 0.198. The van der Waals surface area contributed by atoms with Gasteiger partial charge in [0, 0.05) is 16.2 Å². The summed E-state index contributed by atoms with van der Waals surface area (Å²) in [5.41, 5.74) is 1.41. The number of pyridine rings is 1. The molecule has 0 bridgehead atoms. The fourth-order valence-electron chi connectivity index (χ4n) is 2.89. The van der Waals surface area contributed by atoms with Gasteiger partial charge in [0.05, 0.1) is 16.6 Å². The van der Waals surface area contributed by atoms with Crippen molar-refractivity contribution in [1.29, 1.82) is 0 Å². The Labute approximate surface area is 118 Å². The monoisotopic (exact) mass is 278 g/mol. The van der Waals surface area contributed by atoms with E-state index in [1.54, 1.807) is 36.4 Å². The lowest BCUT2D eigenvalue weighted by Crippen LogP contribution is -2.10. The van der Waals surface area contributed by atoms with E-state index in [1.165, 1.54) is 4.57 Å². The molecular weight excluding hydrogens is 268 g/mol. The molecule has 102 valence electrons. The highest BCUT2D eigenvalue weighted by atomic mass is 16.4. The van der Waals surface area contributed by atoms with E-state index < -0.39 is 6.09 Å². The van der Waals surface area contributed by atoms with Crippen LogP contribution in [0.5, 0.6) is 0 Å². The maximum atomic E-state index is 12.2. The van der Waals surface area contributed by atoms with E-state index in [-0.39, 0.29) is 5.56 Å². The number of carbonyl (C=O) groups is 1. The number of rotatable bonds is 0. The van der Waals surface area contributed by atoms with Crippen LogP contribution in [0, 0.1) is 0 Å². The lowest BCUT2D eigenvalue weighted by Gasteiger charge is -2.03. The molecule has 2 N–H and O–H groups in total. The van der Waals surface area contributed by atoms with Crippen molar-refractivity contribution in [2.75, 3.05) is 0 Å². The number of aromatic nitrogens is 2. The van der Waals surface area contributed by atoms with Crippen molar-refractivity contribution in [2.45, 2.75) is 0 Å². The van der Waals surface area contributed by atoms with Crippen LogP contribution in [0.1, 0.15) is 0 Å². The molecule has 0 unspecified atom stereocenters. The van der Waals surface area contributed by atoms with Crippen LogP contribution < -0.4 is 5.56 Å². The number of H-pyrrole nitrogens is 1. The van der Waals surface area contributed by atoms with Crippen LogP contribution in [-0.4, -0.2) is 20.8 Å². The molecule has 2 aromatic carbocycles. The molecule has 0 saturated heterocycles. The third-order valence-corrected chi connectivity index (χ3v) is 3.73. The van der Waals surface area contributed by atoms with Gasteiger partial charge in [0.1, 0.15) is 0 Å². The summed E-state index contributed by atoms with van der Waals surface area (Å²) in [6, 6.07) is 14.2. The SMILES string of the molecule is O=C(O)n1c2ccccc2c2[nH]c(=O)c3ccccc3c21. The van der Waals surface area contributed by atoms with Gasteiger partial charge in [0.2, 0.25) is 0 Å². The van der Waals surface area contributed by atoms with Crippen molar-refractivity contribution >= 4 is 38.8 Å². The predicted molar refractivity (Wildman–Crippen MR) is 81.0 cm³/mol. The van der Waals surface area contributed by atoms with Crippen LogP contribution in [0.15, 0.2) is 53.3 Å². The van der Waals surface area contributed by atoms with Crippen molar-refractivity contribution in [3.63, 3.8) is 0 Å². The quantitative estimate of drug-likeness (QED) is 0.519. The van der Waals surface area contributed by atoms with E-state index in [0.29, 0.717) is 27.3 Å². The molecule has 0 saturated carbocycles. The smallest absolute Gasteiger partial charge is 0.416 e. The van der Waals surface area contributed by atoms with Crippen molar-refractivity contribution in [3.8, 4) is 0 Å². The van der Waals surface area contributed by atoms with E-state index in [9.17, 15) is 14.7 Å². The fraction of sp³-hybridized carbons (Fsp3) is 0. The number of carboxylic acid groups (broad SMARTS) is 1. The van der Waals surface area contributed by atoms with Crippen LogP contribution >= 0.6 is 0 Å². The summed E-state index contributed by atoms with van der Waals surface area (Å²) >= 11 is 0. The Bertz CT molecular complexity index is 1090. The van der Waals surface area contributed by atoms with Crippen molar-refractivity contribution in [3.05, 3.63) is 58.9 Å². The number of para-hydroxylation sites is 1. The highest BCUT2D eigenvalue weighted by Crippen LogP contribution is 2.30. The van der Waals surface area contributed by atoms with E-state index >= 15 is 0 Å². The molecule has 0 amide bonds. The Hall–Kier alpha value is -3.08. The largest absolute Gasteiger partial charge is 0.464 e. The molecule has 0 atom stereocenters. The first kappa shape index (κ1) is 11.7.